The number of nitrogens with zero attached hydrogens (tertiary/aromatic N) is 4. The van der Waals surface area contributed by atoms with Crippen molar-refractivity contribution in [2.45, 2.75) is 12.8 Å². The number of hydrogen-bond acceptors (Lipinski definition) is 4. The van der Waals surface area contributed by atoms with Crippen LogP contribution in [0.3, 0.4) is 0 Å². The maximum Gasteiger partial charge on any atom is 0.226 e. The largest absolute Gasteiger partial charge is 0.325 e. The molecule has 23 heavy (non-hydrogen) atoms. The number of fused-ring (bicyclic) bond motifs is 2. The van der Waals surface area contributed by atoms with E-state index in [-0.39, 0.29) is 5.28 Å². The molecule has 0 saturated carbocycles. The molecule has 4 nitrogen and oxygen atoms in total. The van der Waals surface area contributed by atoms with Gasteiger partial charge in [0.15, 0.2) is 5.65 Å². The molecule has 2 aromatic heterocycles. The van der Waals surface area contributed by atoms with Gasteiger partial charge in [-0.05, 0) is 48.2 Å². The molecule has 7 heteroatoms. The third-order valence-electron chi connectivity index (χ3n) is 3.92. The summed E-state index contributed by atoms with van der Waals surface area (Å²) in [5.41, 5.74) is 2.65. The first-order valence-electron chi connectivity index (χ1n) is 7.17. The van der Waals surface area contributed by atoms with E-state index >= 15 is 0 Å². The summed E-state index contributed by atoms with van der Waals surface area (Å²) >= 11 is 9.65. The average Bonchev–Trinajstić information content (AvgIpc) is 2.55. The fraction of sp³-hybridized carbons (Fsp3) is 0.188. The van der Waals surface area contributed by atoms with Crippen LogP contribution >= 0.6 is 27.5 Å². The second kappa shape index (κ2) is 5.69. The Labute approximate surface area is 145 Å². The maximum absolute atomic E-state index is 13.7. The normalized spacial score (nSPS) is 14.1. The highest BCUT2D eigenvalue weighted by atomic mass is 79.9. The lowest BCUT2D eigenvalue weighted by Crippen LogP contribution is -2.26. The first kappa shape index (κ1) is 14.8. The van der Waals surface area contributed by atoms with Crippen molar-refractivity contribution in [1.29, 1.82) is 0 Å². The highest BCUT2D eigenvalue weighted by Gasteiger charge is 2.23. The van der Waals surface area contributed by atoms with Crippen molar-refractivity contribution in [3.05, 3.63) is 51.6 Å². The van der Waals surface area contributed by atoms with Gasteiger partial charge in [0.25, 0.3) is 0 Å². The van der Waals surface area contributed by atoms with E-state index in [0.29, 0.717) is 16.9 Å². The molecule has 0 aliphatic carbocycles. The molecule has 0 atom stereocenters. The Morgan fingerprint density at radius 2 is 2.13 bits per heavy atom. The zero-order valence-electron chi connectivity index (χ0n) is 11.9. The highest BCUT2D eigenvalue weighted by Crippen LogP contribution is 2.38. The lowest BCUT2D eigenvalue weighted by Gasteiger charge is -2.31. The van der Waals surface area contributed by atoms with Crippen LogP contribution in [0.1, 0.15) is 12.0 Å². The van der Waals surface area contributed by atoms with E-state index < -0.39 is 5.82 Å². The van der Waals surface area contributed by atoms with Crippen LogP contribution in [0.2, 0.25) is 5.28 Å². The number of hydrogen-bond donors (Lipinski definition) is 0. The van der Waals surface area contributed by atoms with E-state index in [1.165, 1.54) is 11.6 Å². The van der Waals surface area contributed by atoms with Gasteiger partial charge in [0.05, 0.1) is 11.6 Å². The van der Waals surface area contributed by atoms with Gasteiger partial charge in [-0.25, -0.2) is 9.37 Å². The Hall–Kier alpha value is -1.79. The molecule has 0 amide bonds. The van der Waals surface area contributed by atoms with Gasteiger partial charge >= 0.3 is 0 Å². The van der Waals surface area contributed by atoms with Crippen LogP contribution in [-0.4, -0.2) is 21.5 Å². The molecule has 0 bridgehead atoms. The zero-order chi connectivity index (χ0) is 16.0. The number of benzene rings is 1. The molecule has 1 aromatic carbocycles. The minimum atomic E-state index is -0.420. The maximum atomic E-state index is 13.7. The van der Waals surface area contributed by atoms with E-state index in [9.17, 15) is 4.39 Å². The molecule has 0 fully saturated rings. The predicted octanol–water partition coefficient (Wildman–Crippen LogP) is 4.66. The van der Waals surface area contributed by atoms with Gasteiger partial charge in [0.2, 0.25) is 5.28 Å². The highest BCUT2D eigenvalue weighted by molar-refractivity contribution is 9.10. The summed E-state index contributed by atoms with van der Waals surface area (Å²) in [6.45, 7) is 0.780. The van der Waals surface area contributed by atoms with Gasteiger partial charge in [-0.15, -0.1) is 0 Å². The van der Waals surface area contributed by atoms with E-state index in [2.05, 4.69) is 35.8 Å². The standard InChI is InChI=1S/C16H11BrClFN4/c17-12-4-1-5-13-10(12)3-2-6-23(13)15-11-7-9(19)8-20-14(11)21-16(18)22-15/h1,4-5,7-8H,2-3,6H2. The van der Waals surface area contributed by atoms with Crippen molar-refractivity contribution in [3.8, 4) is 0 Å². The Morgan fingerprint density at radius 3 is 3.00 bits per heavy atom. The van der Waals surface area contributed by atoms with Crippen LogP contribution in [0.15, 0.2) is 34.9 Å². The second-order valence-electron chi connectivity index (χ2n) is 5.33. The van der Waals surface area contributed by atoms with Crippen LogP contribution in [-0.2, 0) is 6.42 Å². The average molecular weight is 394 g/mol. The van der Waals surface area contributed by atoms with E-state index in [4.69, 9.17) is 11.6 Å². The SMILES string of the molecule is Fc1cnc2nc(Cl)nc(N3CCCc4c(Br)cccc43)c2c1. The van der Waals surface area contributed by atoms with Gasteiger partial charge in [-0.1, -0.05) is 22.0 Å². The molecule has 0 unspecified atom stereocenters. The van der Waals surface area contributed by atoms with E-state index in [1.807, 2.05) is 18.2 Å². The van der Waals surface area contributed by atoms with Crippen molar-refractivity contribution in [3.63, 3.8) is 0 Å². The Kier molecular flexibility index (Phi) is 3.66. The van der Waals surface area contributed by atoms with Gasteiger partial charge < -0.3 is 4.90 Å². The Balaban J connectivity index is 1.97. The first-order chi connectivity index (χ1) is 11.1. The summed E-state index contributed by atoms with van der Waals surface area (Å²) in [5, 5.41) is 0.663. The first-order valence-corrected chi connectivity index (χ1v) is 8.34. The molecule has 0 N–H and O–H groups in total. The molecule has 116 valence electrons. The van der Waals surface area contributed by atoms with Crippen molar-refractivity contribution < 1.29 is 4.39 Å². The van der Waals surface area contributed by atoms with Gasteiger partial charge in [-0.2, -0.15) is 9.97 Å². The fourth-order valence-corrected chi connectivity index (χ4v) is 3.67. The minimum Gasteiger partial charge on any atom is -0.325 e. The smallest absolute Gasteiger partial charge is 0.226 e. The van der Waals surface area contributed by atoms with Crippen molar-refractivity contribution in [2.75, 3.05) is 11.4 Å². The molecule has 0 spiro atoms. The number of anilines is 2. The molecule has 1 aliphatic rings. The van der Waals surface area contributed by atoms with E-state index in [0.717, 1.165) is 35.7 Å². The topological polar surface area (TPSA) is 41.9 Å². The van der Waals surface area contributed by atoms with Gasteiger partial charge in [0.1, 0.15) is 11.6 Å². The zero-order valence-corrected chi connectivity index (χ0v) is 14.3. The van der Waals surface area contributed by atoms with E-state index in [1.54, 1.807) is 0 Å². The van der Waals surface area contributed by atoms with Gasteiger partial charge in [-0.3, -0.25) is 0 Å². The van der Waals surface area contributed by atoms with Crippen LogP contribution in [0, 0.1) is 5.82 Å². The summed E-state index contributed by atoms with van der Waals surface area (Å²) < 4.78 is 14.7. The molecule has 3 heterocycles. The number of aromatic nitrogens is 3. The molecular formula is C16H11BrClFN4. The third kappa shape index (κ3) is 2.56. The summed E-state index contributed by atoms with van der Waals surface area (Å²) in [5.74, 6) is 0.169. The summed E-state index contributed by atoms with van der Waals surface area (Å²) in [6.07, 6.45) is 3.09. The minimum absolute atomic E-state index is 0.105. The summed E-state index contributed by atoms with van der Waals surface area (Å²) in [6, 6.07) is 7.44. The Bertz CT molecular complexity index is 918. The predicted molar refractivity (Wildman–Crippen MR) is 91.8 cm³/mol. The lowest BCUT2D eigenvalue weighted by atomic mass is 10.0. The molecule has 0 radical (unpaired) electrons. The second-order valence-corrected chi connectivity index (χ2v) is 6.53. The van der Waals surface area contributed by atoms with Crippen molar-refractivity contribution >= 4 is 50.1 Å². The number of rotatable bonds is 1. The van der Waals surface area contributed by atoms with Crippen molar-refractivity contribution in [2.24, 2.45) is 0 Å². The molecule has 1 aliphatic heterocycles. The molecule has 4 rings (SSSR count). The quantitative estimate of drug-likeness (QED) is 0.564. The molecule has 3 aromatic rings. The van der Waals surface area contributed by atoms with Gasteiger partial charge in [0, 0.05) is 16.7 Å². The van der Waals surface area contributed by atoms with Crippen LogP contribution < -0.4 is 4.90 Å². The Morgan fingerprint density at radius 1 is 1.26 bits per heavy atom. The molecular weight excluding hydrogens is 383 g/mol. The van der Waals surface area contributed by atoms with Crippen LogP contribution in [0.5, 0.6) is 0 Å². The van der Waals surface area contributed by atoms with Crippen LogP contribution in [0.25, 0.3) is 11.0 Å². The number of halogens is 3. The monoisotopic (exact) mass is 392 g/mol. The van der Waals surface area contributed by atoms with Crippen LogP contribution in [0.4, 0.5) is 15.9 Å². The molecule has 0 saturated heterocycles. The van der Waals surface area contributed by atoms with Crippen molar-refractivity contribution in [1.82, 2.24) is 15.0 Å². The fourth-order valence-electron chi connectivity index (χ4n) is 2.95. The third-order valence-corrected chi connectivity index (χ3v) is 4.83. The number of pyridine rings is 1. The summed E-state index contributed by atoms with van der Waals surface area (Å²) in [4.78, 5) is 14.5. The lowest BCUT2D eigenvalue weighted by molar-refractivity contribution is 0.623. The summed E-state index contributed by atoms with van der Waals surface area (Å²) in [7, 11) is 0.